The molecule has 2 aromatic carbocycles. The van der Waals surface area contributed by atoms with Crippen LogP contribution in [0.4, 0.5) is 11.4 Å². The molecule has 1 aromatic heterocycles. The van der Waals surface area contributed by atoms with Crippen molar-refractivity contribution in [3.8, 4) is 0 Å². The van der Waals surface area contributed by atoms with E-state index in [0.717, 1.165) is 11.1 Å². The van der Waals surface area contributed by atoms with Crippen molar-refractivity contribution < 1.29 is 4.92 Å². The number of hydrogen-bond donors (Lipinski definition) is 1. The molecule has 3 aromatic rings. The first-order valence-corrected chi connectivity index (χ1v) is 7.38. The van der Waals surface area contributed by atoms with Crippen LogP contribution in [0.3, 0.4) is 0 Å². The number of nitro benzene ring substituents is 1. The molecular weight excluding hydrogens is 308 g/mol. The molecule has 0 bridgehead atoms. The fourth-order valence-electron chi connectivity index (χ4n) is 2.60. The van der Waals surface area contributed by atoms with Crippen LogP contribution in [0.1, 0.15) is 11.1 Å². The lowest BCUT2D eigenvalue weighted by molar-refractivity contribution is -0.384. The number of hydrogen-bond acceptors (Lipinski definition) is 5. The summed E-state index contributed by atoms with van der Waals surface area (Å²) in [5.74, 6) is 0. The first-order valence-electron chi connectivity index (χ1n) is 7.38. The molecule has 0 amide bonds. The maximum absolute atomic E-state index is 11.8. The molecule has 3 rings (SSSR count). The Kier molecular flexibility index (Phi) is 3.99. The number of nitrogens with zero attached hydrogens (tertiary/aromatic N) is 3. The number of aryl methyl sites for hydroxylation is 1. The van der Waals surface area contributed by atoms with E-state index in [9.17, 15) is 14.9 Å². The molecule has 122 valence electrons. The third-order valence-electron chi connectivity index (χ3n) is 3.89. The molecule has 1 N–H and O–H groups in total. The van der Waals surface area contributed by atoms with Gasteiger partial charge in [0.05, 0.1) is 22.2 Å². The third kappa shape index (κ3) is 2.96. The lowest BCUT2D eigenvalue weighted by atomic mass is 10.1. The standard InChI is InChI=1S/C17H16N4O3/c1-11-3-5-12(6-4-11)9-20(2)15-8-14-13(7-16(15)21(23)24)17(22)19-10-18-14/h3-8,10H,9H2,1-2H3,(H,18,19,22). The van der Waals surface area contributed by atoms with Gasteiger partial charge in [0.2, 0.25) is 0 Å². The molecule has 0 radical (unpaired) electrons. The Labute approximate surface area is 137 Å². The van der Waals surface area contributed by atoms with Crippen molar-refractivity contribution in [2.24, 2.45) is 0 Å². The molecule has 0 saturated heterocycles. The molecule has 7 nitrogen and oxygen atoms in total. The monoisotopic (exact) mass is 324 g/mol. The summed E-state index contributed by atoms with van der Waals surface area (Å²) in [4.78, 5) is 31.1. The quantitative estimate of drug-likeness (QED) is 0.588. The lowest BCUT2D eigenvalue weighted by Gasteiger charge is -2.19. The second kappa shape index (κ2) is 6.11. The second-order valence-corrected chi connectivity index (χ2v) is 5.69. The van der Waals surface area contributed by atoms with Crippen molar-refractivity contribution in [3.05, 3.63) is 74.3 Å². The number of nitro groups is 1. The van der Waals surface area contributed by atoms with Gasteiger partial charge in [0.15, 0.2) is 0 Å². The summed E-state index contributed by atoms with van der Waals surface area (Å²) in [5.41, 5.74) is 2.53. The van der Waals surface area contributed by atoms with Crippen LogP contribution in [0.2, 0.25) is 0 Å². The highest BCUT2D eigenvalue weighted by molar-refractivity contribution is 5.86. The topological polar surface area (TPSA) is 92.1 Å². The van der Waals surface area contributed by atoms with Crippen molar-refractivity contribution in [1.82, 2.24) is 9.97 Å². The van der Waals surface area contributed by atoms with Crippen molar-refractivity contribution in [2.75, 3.05) is 11.9 Å². The van der Waals surface area contributed by atoms with E-state index in [1.165, 1.54) is 12.4 Å². The summed E-state index contributed by atoms with van der Waals surface area (Å²) in [5, 5.41) is 11.6. The van der Waals surface area contributed by atoms with Crippen LogP contribution in [0.5, 0.6) is 0 Å². The fourth-order valence-corrected chi connectivity index (χ4v) is 2.60. The van der Waals surface area contributed by atoms with Gasteiger partial charge in [0.1, 0.15) is 5.69 Å². The first-order chi connectivity index (χ1) is 11.5. The van der Waals surface area contributed by atoms with Crippen LogP contribution in [0.25, 0.3) is 10.9 Å². The number of aromatic amines is 1. The Morgan fingerprint density at radius 3 is 2.62 bits per heavy atom. The van der Waals surface area contributed by atoms with Gasteiger partial charge in [-0.2, -0.15) is 0 Å². The van der Waals surface area contributed by atoms with E-state index in [0.29, 0.717) is 17.7 Å². The number of H-pyrrole nitrogens is 1. The zero-order valence-corrected chi connectivity index (χ0v) is 13.3. The average molecular weight is 324 g/mol. The number of fused-ring (bicyclic) bond motifs is 1. The Morgan fingerprint density at radius 1 is 1.25 bits per heavy atom. The Bertz CT molecular complexity index is 964. The predicted molar refractivity (Wildman–Crippen MR) is 92.3 cm³/mol. The van der Waals surface area contributed by atoms with E-state index in [4.69, 9.17) is 0 Å². The lowest BCUT2D eigenvalue weighted by Crippen LogP contribution is -2.18. The van der Waals surface area contributed by atoms with Crippen LogP contribution >= 0.6 is 0 Å². The van der Waals surface area contributed by atoms with Crippen molar-refractivity contribution in [2.45, 2.75) is 13.5 Å². The molecule has 7 heteroatoms. The largest absolute Gasteiger partial charge is 0.365 e. The SMILES string of the molecule is Cc1ccc(CN(C)c2cc3nc[nH]c(=O)c3cc2[N+](=O)[O-])cc1. The highest BCUT2D eigenvalue weighted by Crippen LogP contribution is 2.31. The minimum absolute atomic E-state index is 0.115. The van der Waals surface area contributed by atoms with Crippen LogP contribution < -0.4 is 10.5 Å². The van der Waals surface area contributed by atoms with Crippen molar-refractivity contribution in [1.29, 1.82) is 0 Å². The number of nitrogens with one attached hydrogen (secondary N) is 1. The van der Waals surface area contributed by atoms with Gasteiger partial charge in [-0.05, 0) is 18.6 Å². The molecule has 0 aliphatic heterocycles. The minimum Gasteiger partial charge on any atom is -0.365 e. The van der Waals surface area contributed by atoms with Crippen LogP contribution in [-0.4, -0.2) is 21.9 Å². The molecule has 0 atom stereocenters. The third-order valence-corrected chi connectivity index (χ3v) is 3.89. The molecule has 24 heavy (non-hydrogen) atoms. The van der Waals surface area contributed by atoms with Gasteiger partial charge >= 0.3 is 0 Å². The van der Waals surface area contributed by atoms with Crippen molar-refractivity contribution in [3.63, 3.8) is 0 Å². The second-order valence-electron chi connectivity index (χ2n) is 5.69. The van der Waals surface area contributed by atoms with E-state index in [-0.39, 0.29) is 11.1 Å². The molecule has 0 aliphatic rings. The van der Waals surface area contributed by atoms with Crippen LogP contribution in [0, 0.1) is 17.0 Å². The van der Waals surface area contributed by atoms with Gasteiger partial charge in [0, 0.05) is 19.7 Å². The molecule has 1 heterocycles. The van der Waals surface area contributed by atoms with E-state index >= 15 is 0 Å². The molecule has 0 fully saturated rings. The van der Waals surface area contributed by atoms with E-state index in [2.05, 4.69) is 9.97 Å². The summed E-state index contributed by atoms with van der Waals surface area (Å²) in [6.07, 6.45) is 1.29. The molecule has 0 saturated carbocycles. The number of benzene rings is 2. The van der Waals surface area contributed by atoms with Gasteiger partial charge in [-0.1, -0.05) is 29.8 Å². The average Bonchev–Trinajstić information content (AvgIpc) is 2.56. The van der Waals surface area contributed by atoms with Crippen molar-refractivity contribution >= 4 is 22.3 Å². The van der Waals surface area contributed by atoms with Gasteiger partial charge in [-0.15, -0.1) is 0 Å². The Morgan fingerprint density at radius 2 is 1.96 bits per heavy atom. The summed E-state index contributed by atoms with van der Waals surface area (Å²) in [7, 11) is 1.78. The van der Waals surface area contributed by atoms with E-state index in [1.807, 2.05) is 31.2 Å². The minimum atomic E-state index is -0.479. The maximum atomic E-state index is 11.8. The van der Waals surface area contributed by atoms with Gasteiger partial charge in [-0.25, -0.2) is 4.98 Å². The molecular formula is C17H16N4O3. The number of aromatic nitrogens is 2. The molecule has 0 aliphatic carbocycles. The fraction of sp³-hybridized carbons (Fsp3) is 0.176. The smallest absolute Gasteiger partial charge is 0.293 e. The van der Waals surface area contributed by atoms with Crippen LogP contribution in [0.15, 0.2) is 47.5 Å². The summed E-state index contributed by atoms with van der Waals surface area (Å²) < 4.78 is 0. The highest BCUT2D eigenvalue weighted by atomic mass is 16.6. The summed E-state index contributed by atoms with van der Waals surface area (Å²) in [6.45, 7) is 2.51. The van der Waals surface area contributed by atoms with E-state index in [1.54, 1.807) is 18.0 Å². The van der Waals surface area contributed by atoms with Gasteiger partial charge in [-0.3, -0.25) is 14.9 Å². The van der Waals surface area contributed by atoms with Gasteiger partial charge < -0.3 is 9.88 Å². The van der Waals surface area contributed by atoms with Gasteiger partial charge in [0.25, 0.3) is 11.2 Å². The number of rotatable bonds is 4. The summed E-state index contributed by atoms with van der Waals surface area (Å²) in [6, 6.07) is 10.8. The molecule has 0 unspecified atom stereocenters. The zero-order chi connectivity index (χ0) is 17.3. The summed E-state index contributed by atoms with van der Waals surface area (Å²) >= 11 is 0. The first kappa shape index (κ1) is 15.7. The maximum Gasteiger partial charge on any atom is 0.293 e. The highest BCUT2D eigenvalue weighted by Gasteiger charge is 2.20. The predicted octanol–water partition coefficient (Wildman–Crippen LogP) is 2.78. The zero-order valence-electron chi connectivity index (χ0n) is 13.3. The van der Waals surface area contributed by atoms with E-state index < -0.39 is 10.5 Å². The Balaban J connectivity index is 2.06. The van der Waals surface area contributed by atoms with Crippen LogP contribution in [-0.2, 0) is 6.54 Å². The number of anilines is 1. The Hall–Kier alpha value is -3.22. The normalized spacial score (nSPS) is 10.8. The molecule has 0 spiro atoms.